The predicted molar refractivity (Wildman–Crippen MR) is 108 cm³/mol. The Hall–Kier alpha value is -2.87. The second-order valence-corrected chi connectivity index (χ2v) is 8.00. The Morgan fingerprint density at radius 1 is 1.23 bits per heavy atom. The Morgan fingerprint density at radius 2 is 1.90 bits per heavy atom. The lowest BCUT2D eigenvalue weighted by atomic mass is 9.99. The number of nitrogens with zero attached hydrogens (tertiary/aromatic N) is 2. The first-order valence-electron chi connectivity index (χ1n) is 9.77. The average Bonchev–Trinajstić information content (AvgIpc) is 2.99. The van der Waals surface area contributed by atoms with Crippen LogP contribution in [0.1, 0.15) is 36.0 Å². The highest BCUT2D eigenvalue weighted by Crippen LogP contribution is 2.37. The summed E-state index contributed by atoms with van der Waals surface area (Å²) in [5, 5.41) is 12.3. The molecule has 2 aliphatic heterocycles. The molecule has 30 heavy (non-hydrogen) atoms. The van der Waals surface area contributed by atoms with E-state index in [1.165, 1.54) is 24.4 Å². The van der Waals surface area contributed by atoms with Gasteiger partial charge in [0, 0.05) is 31.1 Å². The van der Waals surface area contributed by atoms with Gasteiger partial charge in [-0.05, 0) is 43.2 Å². The van der Waals surface area contributed by atoms with Crippen molar-refractivity contribution in [1.29, 1.82) is 0 Å². The van der Waals surface area contributed by atoms with E-state index in [-0.39, 0.29) is 52.9 Å². The number of halogens is 2. The molecule has 0 aliphatic carbocycles. The van der Waals surface area contributed by atoms with Gasteiger partial charge in [0.15, 0.2) is 0 Å². The molecule has 3 heterocycles. The molecule has 158 valence electrons. The van der Waals surface area contributed by atoms with Gasteiger partial charge in [-0.25, -0.2) is 14.2 Å². The van der Waals surface area contributed by atoms with Crippen LogP contribution in [0.4, 0.5) is 10.2 Å². The van der Waals surface area contributed by atoms with Crippen LogP contribution < -0.4 is 10.1 Å². The van der Waals surface area contributed by atoms with E-state index in [0.29, 0.717) is 18.6 Å². The lowest BCUT2D eigenvalue weighted by molar-refractivity contribution is -0.135. The van der Waals surface area contributed by atoms with Crippen molar-refractivity contribution in [3.8, 4) is 5.75 Å². The number of fused-ring (bicyclic) bond motifs is 2. The molecule has 1 aromatic carbocycles. The largest absolute Gasteiger partial charge is 0.490 e. The zero-order chi connectivity index (χ0) is 21.3. The maximum Gasteiger partial charge on any atom is 0.339 e. The van der Waals surface area contributed by atoms with E-state index in [2.05, 4.69) is 10.3 Å². The van der Waals surface area contributed by atoms with Crippen molar-refractivity contribution in [2.45, 2.75) is 43.9 Å². The number of benzene rings is 1. The normalized spacial score (nSPS) is 22.6. The number of carbonyl (C=O) groups is 2. The second kappa shape index (κ2) is 8.47. The van der Waals surface area contributed by atoms with Gasteiger partial charge in [-0.3, -0.25) is 4.79 Å². The van der Waals surface area contributed by atoms with Gasteiger partial charge in [0.25, 0.3) is 0 Å². The molecule has 2 bridgehead atoms. The van der Waals surface area contributed by atoms with Gasteiger partial charge < -0.3 is 20.1 Å². The van der Waals surface area contributed by atoms with Crippen molar-refractivity contribution in [2.24, 2.45) is 0 Å². The number of carbonyl (C=O) groups excluding carboxylic acids is 1. The van der Waals surface area contributed by atoms with E-state index in [4.69, 9.17) is 16.3 Å². The van der Waals surface area contributed by atoms with Crippen LogP contribution in [0.15, 0.2) is 36.5 Å². The zero-order valence-corrected chi connectivity index (χ0v) is 16.8. The Labute approximate surface area is 177 Å². The Bertz CT molecular complexity index is 942. The summed E-state index contributed by atoms with van der Waals surface area (Å²) in [4.78, 5) is 30.1. The molecule has 2 aromatic rings. The number of piperidine rings is 1. The molecule has 1 unspecified atom stereocenters. The second-order valence-electron chi connectivity index (χ2n) is 7.56. The van der Waals surface area contributed by atoms with E-state index in [1.807, 2.05) is 4.90 Å². The third kappa shape index (κ3) is 4.33. The molecule has 2 saturated heterocycles. The number of nitrogens with one attached hydrogen (secondary N) is 1. The fourth-order valence-electron chi connectivity index (χ4n) is 4.33. The quantitative estimate of drug-likeness (QED) is 0.723. The molecule has 0 spiro atoms. The van der Waals surface area contributed by atoms with E-state index in [0.717, 1.165) is 12.8 Å². The predicted octanol–water partition coefficient (Wildman–Crippen LogP) is 3.59. The topological polar surface area (TPSA) is 91.8 Å². The molecular formula is C21H21ClFN3O4. The van der Waals surface area contributed by atoms with Gasteiger partial charge in [0.05, 0.1) is 11.6 Å². The number of hydrogen-bond acceptors (Lipinski definition) is 5. The maximum absolute atomic E-state index is 13.1. The molecule has 2 aliphatic rings. The number of pyridine rings is 1. The molecule has 9 heteroatoms. The van der Waals surface area contributed by atoms with Gasteiger partial charge in [0.2, 0.25) is 5.91 Å². The number of ether oxygens (including phenoxy) is 1. The number of rotatable bonds is 6. The number of carboxylic acid groups (broad SMARTS) is 1. The summed E-state index contributed by atoms with van der Waals surface area (Å²) >= 11 is 5.81. The van der Waals surface area contributed by atoms with Crippen LogP contribution in [0.2, 0.25) is 5.02 Å². The van der Waals surface area contributed by atoms with Crippen LogP contribution in [0, 0.1) is 5.82 Å². The molecule has 0 saturated carbocycles. The van der Waals surface area contributed by atoms with Gasteiger partial charge >= 0.3 is 5.97 Å². The lowest BCUT2D eigenvalue weighted by Crippen LogP contribution is -2.51. The number of aromatic carboxylic acids is 1. The van der Waals surface area contributed by atoms with Crippen molar-refractivity contribution in [2.75, 3.05) is 11.9 Å². The van der Waals surface area contributed by atoms with Crippen molar-refractivity contribution < 1.29 is 23.8 Å². The molecule has 2 N–H and O–H groups in total. The molecule has 0 radical (unpaired) electrons. The maximum atomic E-state index is 13.1. The zero-order valence-electron chi connectivity index (χ0n) is 16.1. The summed E-state index contributed by atoms with van der Waals surface area (Å²) in [6.45, 7) is -0.0502. The fourth-order valence-corrected chi connectivity index (χ4v) is 4.49. The van der Waals surface area contributed by atoms with Gasteiger partial charge in [-0.2, -0.15) is 0 Å². The van der Waals surface area contributed by atoms with Crippen LogP contribution in [-0.4, -0.2) is 51.6 Å². The first-order chi connectivity index (χ1) is 14.4. The SMILES string of the molecule is O=C(O)c1cc(Cl)cnc1NCC(=O)N1[C@@H]2CC[C@H]1CC(Oc1ccc(F)cc1)C2. The number of amides is 1. The lowest BCUT2D eigenvalue weighted by Gasteiger charge is -2.39. The van der Waals surface area contributed by atoms with Crippen molar-refractivity contribution in [3.63, 3.8) is 0 Å². The van der Waals surface area contributed by atoms with E-state index in [1.54, 1.807) is 12.1 Å². The summed E-state index contributed by atoms with van der Waals surface area (Å²) in [5.74, 6) is -0.842. The monoisotopic (exact) mass is 433 g/mol. The molecule has 4 rings (SSSR count). The molecule has 1 amide bonds. The summed E-state index contributed by atoms with van der Waals surface area (Å²) in [5.41, 5.74) is -0.0790. The van der Waals surface area contributed by atoms with Crippen LogP contribution in [0.3, 0.4) is 0 Å². The van der Waals surface area contributed by atoms with Crippen LogP contribution in [0.25, 0.3) is 0 Å². The molecule has 7 nitrogen and oxygen atoms in total. The number of anilines is 1. The number of carboxylic acids is 1. The van der Waals surface area contributed by atoms with Gasteiger partial charge in [-0.1, -0.05) is 11.6 Å². The van der Waals surface area contributed by atoms with E-state index >= 15 is 0 Å². The van der Waals surface area contributed by atoms with E-state index < -0.39 is 5.97 Å². The Morgan fingerprint density at radius 3 is 2.53 bits per heavy atom. The Balaban J connectivity index is 1.37. The minimum atomic E-state index is -1.17. The number of aromatic nitrogens is 1. The first kappa shape index (κ1) is 20.4. The summed E-state index contributed by atoms with van der Waals surface area (Å²) in [7, 11) is 0. The van der Waals surface area contributed by atoms with Gasteiger partial charge in [0.1, 0.15) is 29.1 Å². The van der Waals surface area contributed by atoms with Gasteiger partial charge in [-0.15, -0.1) is 0 Å². The third-order valence-electron chi connectivity index (χ3n) is 5.59. The highest BCUT2D eigenvalue weighted by Gasteiger charge is 2.43. The Kier molecular flexibility index (Phi) is 5.76. The minimum absolute atomic E-state index is 0.0264. The van der Waals surface area contributed by atoms with Crippen LogP contribution in [0.5, 0.6) is 5.75 Å². The minimum Gasteiger partial charge on any atom is -0.490 e. The summed E-state index contributed by atoms with van der Waals surface area (Å²) in [6, 6.07) is 7.39. The summed E-state index contributed by atoms with van der Waals surface area (Å²) < 4.78 is 19.1. The van der Waals surface area contributed by atoms with Crippen molar-refractivity contribution >= 4 is 29.3 Å². The van der Waals surface area contributed by atoms with Crippen LogP contribution in [-0.2, 0) is 4.79 Å². The molecule has 1 aromatic heterocycles. The van der Waals surface area contributed by atoms with E-state index in [9.17, 15) is 19.1 Å². The summed E-state index contributed by atoms with van der Waals surface area (Å²) in [6.07, 6.45) is 4.53. The van der Waals surface area contributed by atoms with Crippen molar-refractivity contribution in [1.82, 2.24) is 9.88 Å². The standard InChI is InChI=1S/C21H21ClFN3O4/c22-12-7-18(21(28)29)20(24-10-12)25-11-19(27)26-14-3-4-15(26)9-17(8-14)30-16-5-1-13(23)2-6-16/h1-2,5-7,10,14-15,17H,3-4,8-9,11H2,(H,24,25)(H,28,29)/t14-,15+,17?. The average molecular weight is 434 g/mol. The highest BCUT2D eigenvalue weighted by atomic mass is 35.5. The molecule has 3 atom stereocenters. The number of hydrogen-bond donors (Lipinski definition) is 2. The van der Waals surface area contributed by atoms with Crippen LogP contribution >= 0.6 is 11.6 Å². The highest BCUT2D eigenvalue weighted by molar-refractivity contribution is 6.30. The molecule has 2 fully saturated rings. The van der Waals surface area contributed by atoms with Crippen molar-refractivity contribution in [3.05, 3.63) is 52.9 Å². The first-order valence-corrected chi connectivity index (χ1v) is 10.1. The fraction of sp³-hybridized carbons (Fsp3) is 0.381. The smallest absolute Gasteiger partial charge is 0.339 e. The third-order valence-corrected chi connectivity index (χ3v) is 5.79. The molecular weight excluding hydrogens is 413 g/mol.